The average molecular weight is 233 g/mol. The summed E-state index contributed by atoms with van der Waals surface area (Å²) in [6, 6.07) is 0.747. The van der Waals surface area contributed by atoms with Crippen LogP contribution in [0, 0.1) is 0 Å². The monoisotopic (exact) mass is 233 g/mol. The second kappa shape index (κ2) is 4.51. The van der Waals surface area contributed by atoms with Crippen molar-refractivity contribution in [1.29, 1.82) is 0 Å². The summed E-state index contributed by atoms with van der Waals surface area (Å²) in [6.45, 7) is 3.11. The van der Waals surface area contributed by atoms with E-state index in [-0.39, 0.29) is 0 Å². The van der Waals surface area contributed by atoms with E-state index in [4.69, 9.17) is 4.74 Å². The molecule has 0 aliphatic carbocycles. The molecule has 0 amide bonds. The van der Waals surface area contributed by atoms with Gasteiger partial charge >= 0.3 is 12.1 Å². The summed E-state index contributed by atoms with van der Waals surface area (Å²) in [4.78, 5) is 14.8. The molecule has 6 heteroatoms. The predicted octanol–water partition coefficient (Wildman–Crippen LogP) is 2.67. The van der Waals surface area contributed by atoms with Gasteiger partial charge in [-0.2, -0.15) is 13.2 Å². The third kappa shape index (κ3) is 2.95. The molecule has 0 saturated heterocycles. The van der Waals surface area contributed by atoms with Crippen molar-refractivity contribution in [3.05, 3.63) is 29.6 Å². The van der Waals surface area contributed by atoms with Crippen molar-refractivity contribution in [1.82, 2.24) is 4.98 Å². The lowest BCUT2D eigenvalue weighted by molar-refractivity contribution is -0.138. The molecule has 0 fully saturated rings. The lowest BCUT2D eigenvalue weighted by atomic mass is 10.1. The van der Waals surface area contributed by atoms with Crippen LogP contribution in [0.2, 0.25) is 0 Å². The number of alkyl halides is 3. The highest BCUT2D eigenvalue weighted by Gasteiger charge is 2.35. The smallest absolute Gasteiger partial charge is 0.417 e. The van der Waals surface area contributed by atoms with Gasteiger partial charge in [0.15, 0.2) is 0 Å². The predicted molar refractivity (Wildman–Crippen MR) is 49.8 cm³/mol. The number of aromatic nitrogens is 1. The Hall–Kier alpha value is -1.59. The first-order valence-electron chi connectivity index (χ1n) is 4.54. The van der Waals surface area contributed by atoms with Gasteiger partial charge in [0.2, 0.25) is 0 Å². The lowest BCUT2D eigenvalue weighted by Crippen LogP contribution is -2.18. The van der Waals surface area contributed by atoms with E-state index in [0.717, 1.165) is 18.5 Å². The minimum atomic E-state index is -4.59. The summed E-state index contributed by atoms with van der Waals surface area (Å²) in [6.07, 6.45) is -3.23. The molecule has 0 aliphatic heterocycles. The van der Waals surface area contributed by atoms with Gasteiger partial charge in [0.25, 0.3) is 0 Å². The van der Waals surface area contributed by atoms with E-state index >= 15 is 0 Å². The maximum atomic E-state index is 12.5. The standard InChI is InChI=1S/C10H10F3NO2/c1-6(2)16-9(15)7-5-14-4-3-8(7)10(11,12)13/h3-6H,1-2H3. The van der Waals surface area contributed by atoms with Gasteiger partial charge < -0.3 is 4.74 Å². The van der Waals surface area contributed by atoms with Crippen LogP contribution in [-0.2, 0) is 10.9 Å². The Morgan fingerprint density at radius 2 is 2.06 bits per heavy atom. The van der Waals surface area contributed by atoms with Crippen molar-refractivity contribution >= 4 is 5.97 Å². The number of rotatable bonds is 2. The molecule has 1 aromatic heterocycles. The highest BCUT2D eigenvalue weighted by molar-refractivity contribution is 5.91. The number of hydrogen-bond donors (Lipinski definition) is 0. The summed E-state index contributed by atoms with van der Waals surface area (Å²) >= 11 is 0. The first kappa shape index (κ1) is 12.5. The van der Waals surface area contributed by atoms with E-state index in [2.05, 4.69) is 4.98 Å². The highest BCUT2D eigenvalue weighted by Crippen LogP contribution is 2.31. The van der Waals surface area contributed by atoms with Crippen molar-refractivity contribution in [2.45, 2.75) is 26.1 Å². The van der Waals surface area contributed by atoms with E-state index in [1.54, 1.807) is 13.8 Å². The van der Waals surface area contributed by atoms with E-state index in [9.17, 15) is 18.0 Å². The molecule has 3 nitrogen and oxygen atoms in total. The van der Waals surface area contributed by atoms with E-state index in [0.29, 0.717) is 0 Å². The van der Waals surface area contributed by atoms with Crippen LogP contribution >= 0.6 is 0 Å². The van der Waals surface area contributed by atoms with Gasteiger partial charge in [-0.25, -0.2) is 4.79 Å². The number of pyridine rings is 1. The summed E-state index contributed by atoms with van der Waals surface area (Å²) in [5.41, 5.74) is -1.60. The minimum absolute atomic E-state index is 0.478. The Kier molecular flexibility index (Phi) is 3.51. The number of hydrogen-bond acceptors (Lipinski definition) is 3. The molecule has 1 rings (SSSR count). The quantitative estimate of drug-likeness (QED) is 0.737. The fraction of sp³-hybridized carbons (Fsp3) is 0.400. The number of ether oxygens (including phenoxy) is 1. The summed E-state index contributed by atoms with van der Waals surface area (Å²) in [5, 5.41) is 0. The summed E-state index contributed by atoms with van der Waals surface area (Å²) < 4.78 is 42.2. The van der Waals surface area contributed by atoms with Crippen LogP contribution in [0.3, 0.4) is 0 Å². The van der Waals surface area contributed by atoms with Crippen LogP contribution in [0.5, 0.6) is 0 Å². The van der Waals surface area contributed by atoms with Crippen LogP contribution in [0.25, 0.3) is 0 Å². The number of carbonyl (C=O) groups excluding carboxylic acids is 1. The molecule has 0 unspecified atom stereocenters. The second-order valence-corrected chi connectivity index (χ2v) is 3.37. The molecule has 16 heavy (non-hydrogen) atoms. The van der Waals surface area contributed by atoms with Crippen molar-refractivity contribution < 1.29 is 22.7 Å². The molecular formula is C10H10F3NO2. The fourth-order valence-electron chi connectivity index (χ4n) is 1.08. The maximum absolute atomic E-state index is 12.5. The zero-order valence-electron chi connectivity index (χ0n) is 8.71. The first-order valence-corrected chi connectivity index (χ1v) is 4.54. The molecule has 88 valence electrons. The first-order chi connectivity index (χ1) is 7.32. The molecule has 0 saturated carbocycles. The molecule has 1 aromatic rings. The average Bonchev–Trinajstić information content (AvgIpc) is 2.15. The summed E-state index contributed by atoms with van der Waals surface area (Å²) in [5.74, 6) is -1.02. The van der Waals surface area contributed by atoms with Gasteiger partial charge in [-0.1, -0.05) is 0 Å². The number of esters is 1. The van der Waals surface area contributed by atoms with Crippen LogP contribution in [0.15, 0.2) is 18.5 Å². The normalized spacial score (nSPS) is 11.6. The number of carbonyl (C=O) groups is 1. The van der Waals surface area contributed by atoms with Gasteiger partial charge in [0.1, 0.15) is 0 Å². The summed E-state index contributed by atoms with van der Waals surface area (Å²) in [7, 11) is 0. The van der Waals surface area contributed by atoms with Gasteiger partial charge in [-0.15, -0.1) is 0 Å². The van der Waals surface area contributed by atoms with Crippen LogP contribution < -0.4 is 0 Å². The van der Waals surface area contributed by atoms with E-state index in [1.807, 2.05) is 0 Å². The van der Waals surface area contributed by atoms with Crippen molar-refractivity contribution in [2.24, 2.45) is 0 Å². The zero-order chi connectivity index (χ0) is 12.3. The SMILES string of the molecule is CC(C)OC(=O)c1cnccc1C(F)(F)F. The Balaban J connectivity index is 3.09. The third-order valence-corrected chi connectivity index (χ3v) is 1.69. The molecule has 0 atom stereocenters. The molecule has 1 heterocycles. The Bertz CT molecular complexity index is 388. The third-order valence-electron chi connectivity index (χ3n) is 1.69. The van der Waals surface area contributed by atoms with Crippen LogP contribution in [0.4, 0.5) is 13.2 Å². The van der Waals surface area contributed by atoms with E-state index in [1.165, 1.54) is 0 Å². The molecular weight excluding hydrogens is 223 g/mol. The number of nitrogens with zero attached hydrogens (tertiary/aromatic N) is 1. The van der Waals surface area contributed by atoms with Crippen molar-refractivity contribution in [3.63, 3.8) is 0 Å². The van der Waals surface area contributed by atoms with Crippen molar-refractivity contribution in [3.8, 4) is 0 Å². The van der Waals surface area contributed by atoms with Crippen LogP contribution in [-0.4, -0.2) is 17.1 Å². The van der Waals surface area contributed by atoms with Crippen LogP contribution in [0.1, 0.15) is 29.8 Å². The van der Waals surface area contributed by atoms with Gasteiger partial charge in [-0.05, 0) is 19.9 Å². The second-order valence-electron chi connectivity index (χ2n) is 3.37. The zero-order valence-corrected chi connectivity index (χ0v) is 8.71. The largest absolute Gasteiger partial charge is 0.459 e. The van der Waals surface area contributed by atoms with Gasteiger partial charge in [-0.3, -0.25) is 4.98 Å². The molecule has 0 bridgehead atoms. The topological polar surface area (TPSA) is 39.2 Å². The Morgan fingerprint density at radius 1 is 1.44 bits per heavy atom. The highest BCUT2D eigenvalue weighted by atomic mass is 19.4. The number of halogens is 3. The van der Waals surface area contributed by atoms with Gasteiger partial charge in [0.05, 0.1) is 17.2 Å². The maximum Gasteiger partial charge on any atom is 0.417 e. The van der Waals surface area contributed by atoms with E-state index < -0.39 is 29.4 Å². The minimum Gasteiger partial charge on any atom is -0.459 e. The molecule has 0 N–H and O–H groups in total. The molecule has 0 aliphatic rings. The Labute approximate surface area is 90.2 Å². The lowest BCUT2D eigenvalue weighted by Gasteiger charge is -2.12. The molecule has 0 spiro atoms. The van der Waals surface area contributed by atoms with Gasteiger partial charge in [0, 0.05) is 12.4 Å². The molecule has 0 aromatic carbocycles. The Morgan fingerprint density at radius 3 is 2.56 bits per heavy atom. The molecule has 0 radical (unpaired) electrons. The fourth-order valence-corrected chi connectivity index (χ4v) is 1.08. The van der Waals surface area contributed by atoms with Crippen molar-refractivity contribution in [2.75, 3.05) is 0 Å².